The average molecular weight is 379 g/mol. The highest BCUT2D eigenvalue weighted by Crippen LogP contribution is 2.43. The summed E-state index contributed by atoms with van der Waals surface area (Å²) in [6.07, 6.45) is 8.40. The Kier molecular flexibility index (Phi) is 5.33. The molecule has 0 atom stereocenters. The van der Waals surface area contributed by atoms with E-state index >= 15 is 0 Å². The van der Waals surface area contributed by atoms with E-state index in [1.165, 1.54) is 11.1 Å². The smallest absolute Gasteiger partial charge is 0.168 e. The zero-order chi connectivity index (χ0) is 16.5. The van der Waals surface area contributed by atoms with Gasteiger partial charge >= 0.3 is 0 Å². The van der Waals surface area contributed by atoms with Gasteiger partial charge in [0, 0.05) is 34.2 Å². The van der Waals surface area contributed by atoms with Crippen LogP contribution in [0.5, 0.6) is 0 Å². The molecule has 2 aromatic heterocycles. The van der Waals surface area contributed by atoms with E-state index < -0.39 is 8.24 Å². The van der Waals surface area contributed by atoms with E-state index in [-0.39, 0.29) is 0 Å². The second-order valence-electron chi connectivity index (χ2n) is 7.05. The third-order valence-corrected chi connectivity index (χ3v) is 12.1. The van der Waals surface area contributed by atoms with E-state index in [0.717, 1.165) is 4.47 Å². The van der Waals surface area contributed by atoms with Crippen molar-refractivity contribution in [1.29, 1.82) is 0 Å². The summed E-state index contributed by atoms with van der Waals surface area (Å²) in [4.78, 5) is 4.29. The Morgan fingerprint density at radius 1 is 0.955 bits per heavy atom. The van der Waals surface area contributed by atoms with Crippen molar-refractivity contribution in [3.8, 4) is 11.1 Å². The van der Waals surface area contributed by atoms with Crippen LogP contribution in [0.2, 0.25) is 16.6 Å². The predicted octanol–water partition coefficient (Wildman–Crippen LogP) is 6.34. The number of halogens is 1. The largest absolute Gasteiger partial charge is 0.379 e. The van der Waals surface area contributed by atoms with Gasteiger partial charge in [-0.3, -0.25) is 4.98 Å². The molecule has 22 heavy (non-hydrogen) atoms. The molecule has 2 heterocycles. The molecule has 0 aliphatic heterocycles. The molecule has 120 valence electrons. The van der Waals surface area contributed by atoms with Crippen LogP contribution >= 0.6 is 15.9 Å². The lowest BCUT2D eigenvalue weighted by Crippen LogP contribution is -2.51. The molecule has 0 amide bonds. The Morgan fingerprint density at radius 3 is 2.05 bits per heavy atom. The van der Waals surface area contributed by atoms with Crippen LogP contribution in [0.15, 0.2) is 41.4 Å². The van der Waals surface area contributed by atoms with Gasteiger partial charge in [0.1, 0.15) is 0 Å². The van der Waals surface area contributed by atoms with Gasteiger partial charge in [-0.1, -0.05) is 41.5 Å². The summed E-state index contributed by atoms with van der Waals surface area (Å²) in [5, 5.41) is 0. The first-order valence-electron chi connectivity index (χ1n) is 8.09. The maximum absolute atomic E-state index is 4.29. The van der Waals surface area contributed by atoms with Crippen LogP contribution < -0.4 is 0 Å². The first-order valence-corrected chi connectivity index (χ1v) is 11.1. The minimum Gasteiger partial charge on any atom is -0.379 e. The van der Waals surface area contributed by atoms with Gasteiger partial charge in [-0.05, 0) is 50.9 Å². The molecule has 0 aliphatic rings. The highest BCUT2D eigenvalue weighted by atomic mass is 79.9. The summed E-state index contributed by atoms with van der Waals surface area (Å²) >= 11 is 3.51. The fourth-order valence-electron chi connectivity index (χ4n) is 4.27. The van der Waals surface area contributed by atoms with Crippen LogP contribution in [-0.4, -0.2) is 17.5 Å². The third kappa shape index (κ3) is 2.95. The Hall–Kier alpha value is -0.873. The van der Waals surface area contributed by atoms with Gasteiger partial charge in [-0.2, -0.15) is 0 Å². The summed E-state index contributed by atoms with van der Waals surface area (Å²) in [5.74, 6) is 0. The van der Waals surface area contributed by atoms with Crippen LogP contribution in [0.4, 0.5) is 0 Å². The van der Waals surface area contributed by atoms with Crippen molar-refractivity contribution in [3.63, 3.8) is 0 Å². The lowest BCUT2D eigenvalue weighted by Gasteiger charge is -2.44. The Bertz CT molecular complexity index is 610. The van der Waals surface area contributed by atoms with Crippen molar-refractivity contribution >= 4 is 24.2 Å². The van der Waals surface area contributed by atoms with E-state index in [1.54, 1.807) is 0 Å². The molecule has 0 N–H and O–H groups in total. The fraction of sp³-hybridized carbons (Fsp3) is 0.500. The van der Waals surface area contributed by atoms with E-state index in [2.05, 4.69) is 91.2 Å². The zero-order valence-corrected chi connectivity index (χ0v) is 17.1. The van der Waals surface area contributed by atoms with Crippen LogP contribution in [0.25, 0.3) is 11.1 Å². The van der Waals surface area contributed by atoms with Gasteiger partial charge in [0.25, 0.3) is 0 Å². The molecule has 2 nitrogen and oxygen atoms in total. The van der Waals surface area contributed by atoms with Gasteiger partial charge in [0.05, 0.1) is 0 Å². The lowest BCUT2D eigenvalue weighted by atomic mass is 10.2. The van der Waals surface area contributed by atoms with Crippen LogP contribution in [0.3, 0.4) is 0 Å². The predicted molar refractivity (Wildman–Crippen MR) is 102 cm³/mol. The molecular formula is C18H27BrN2Si. The van der Waals surface area contributed by atoms with Crippen molar-refractivity contribution in [1.82, 2.24) is 9.22 Å². The molecule has 0 radical (unpaired) electrons. The lowest BCUT2D eigenvalue weighted by molar-refractivity contribution is 0.766. The minimum atomic E-state index is -1.64. The summed E-state index contributed by atoms with van der Waals surface area (Å²) in [7, 11) is -1.64. The summed E-state index contributed by atoms with van der Waals surface area (Å²) in [5.41, 5.74) is 4.54. The van der Waals surface area contributed by atoms with E-state index in [0.29, 0.717) is 16.6 Å². The molecule has 0 saturated carbocycles. The van der Waals surface area contributed by atoms with Gasteiger partial charge in [-0.15, -0.1) is 0 Å². The zero-order valence-electron chi connectivity index (χ0n) is 14.5. The SMILES string of the molecule is CC(C)[Si](C(C)C)(C(C)C)n1ccc(-c2cncc(Br)c2)c1. The Morgan fingerprint density at radius 2 is 1.55 bits per heavy atom. The topological polar surface area (TPSA) is 17.8 Å². The van der Waals surface area contributed by atoms with Crippen LogP contribution in [-0.2, 0) is 0 Å². The quantitative estimate of drug-likeness (QED) is 0.555. The maximum atomic E-state index is 4.29. The molecule has 2 rings (SSSR count). The molecule has 0 aromatic carbocycles. The van der Waals surface area contributed by atoms with Crippen LogP contribution in [0.1, 0.15) is 41.5 Å². The summed E-state index contributed by atoms with van der Waals surface area (Å²) < 4.78 is 3.60. The molecule has 0 aliphatic carbocycles. The van der Waals surface area contributed by atoms with Crippen molar-refractivity contribution < 1.29 is 0 Å². The van der Waals surface area contributed by atoms with Crippen molar-refractivity contribution in [2.45, 2.75) is 58.2 Å². The summed E-state index contributed by atoms with van der Waals surface area (Å²) in [6, 6.07) is 4.37. The molecule has 0 bridgehead atoms. The molecule has 4 heteroatoms. The van der Waals surface area contributed by atoms with Crippen LogP contribution in [0, 0.1) is 0 Å². The van der Waals surface area contributed by atoms with Gasteiger partial charge in [0.2, 0.25) is 0 Å². The highest BCUT2D eigenvalue weighted by Gasteiger charge is 2.44. The third-order valence-electron chi connectivity index (χ3n) is 4.95. The van der Waals surface area contributed by atoms with E-state index in [4.69, 9.17) is 0 Å². The molecule has 0 unspecified atom stereocenters. The number of rotatable bonds is 5. The maximum Gasteiger partial charge on any atom is 0.168 e. The Balaban J connectivity index is 2.52. The normalized spacial score (nSPS) is 12.6. The number of nitrogens with zero attached hydrogens (tertiary/aromatic N) is 2. The first kappa shape index (κ1) is 17.5. The van der Waals surface area contributed by atoms with Gasteiger partial charge in [0.15, 0.2) is 8.24 Å². The van der Waals surface area contributed by atoms with Crippen molar-refractivity contribution in [2.75, 3.05) is 0 Å². The van der Waals surface area contributed by atoms with Crippen molar-refractivity contribution in [2.24, 2.45) is 0 Å². The van der Waals surface area contributed by atoms with Crippen molar-refractivity contribution in [3.05, 3.63) is 41.4 Å². The van der Waals surface area contributed by atoms with Gasteiger partial charge in [-0.25, -0.2) is 0 Å². The molecule has 0 fully saturated rings. The average Bonchev–Trinajstić information content (AvgIpc) is 2.88. The minimum absolute atomic E-state index is 0.702. The van der Waals surface area contributed by atoms with E-state index in [9.17, 15) is 0 Å². The molecule has 0 spiro atoms. The Labute approximate surface area is 144 Å². The molecular weight excluding hydrogens is 352 g/mol. The highest BCUT2D eigenvalue weighted by molar-refractivity contribution is 9.10. The number of hydrogen-bond donors (Lipinski definition) is 0. The second kappa shape index (κ2) is 6.71. The van der Waals surface area contributed by atoms with Gasteiger partial charge < -0.3 is 4.23 Å². The number of aromatic nitrogens is 2. The standard InChI is InChI=1S/C18H27BrN2Si/c1-13(2)22(14(3)4,15(5)6)21-8-7-16(12-21)17-9-18(19)11-20-10-17/h7-15H,1-6H3. The summed E-state index contributed by atoms with van der Waals surface area (Å²) in [6.45, 7) is 14.4. The molecule has 2 aromatic rings. The first-order chi connectivity index (χ1) is 10.3. The second-order valence-corrected chi connectivity index (χ2v) is 13.7. The monoisotopic (exact) mass is 378 g/mol. The molecule has 0 saturated heterocycles. The number of pyridine rings is 1. The number of hydrogen-bond acceptors (Lipinski definition) is 1. The van der Waals surface area contributed by atoms with E-state index in [1.807, 2.05) is 12.4 Å². The fourth-order valence-corrected chi connectivity index (χ4v) is 11.1.